The molecule has 2 rings (SSSR count). The number of aliphatic hydroxyl groups is 1. The van der Waals surface area contributed by atoms with E-state index < -0.39 is 24.1 Å². The van der Waals surface area contributed by atoms with Crippen molar-refractivity contribution in [3.05, 3.63) is 29.3 Å². The fourth-order valence-electron chi connectivity index (χ4n) is 2.41. The molecule has 6 nitrogen and oxygen atoms in total. The summed E-state index contributed by atoms with van der Waals surface area (Å²) in [5, 5.41) is 21.3. The van der Waals surface area contributed by atoms with Crippen LogP contribution in [0.5, 0.6) is 0 Å². The van der Waals surface area contributed by atoms with Crippen LogP contribution < -0.4 is 5.32 Å². The van der Waals surface area contributed by atoms with Gasteiger partial charge in [-0.15, -0.1) is 0 Å². The molecular formula is C14H18N2O4. The molecule has 0 unspecified atom stereocenters. The number of rotatable bonds is 2. The molecule has 3 N–H and O–H groups in total. The van der Waals surface area contributed by atoms with E-state index in [1.807, 2.05) is 26.0 Å². The Kier molecular flexibility index (Phi) is 3.94. The molecule has 0 aromatic heterocycles. The molecule has 1 heterocycles. The number of hydrogen-bond acceptors (Lipinski definition) is 3. The van der Waals surface area contributed by atoms with Crippen molar-refractivity contribution in [2.45, 2.75) is 32.4 Å². The van der Waals surface area contributed by atoms with E-state index in [0.29, 0.717) is 5.69 Å². The van der Waals surface area contributed by atoms with Gasteiger partial charge in [0.05, 0.1) is 6.10 Å². The van der Waals surface area contributed by atoms with Gasteiger partial charge in [-0.2, -0.15) is 0 Å². The highest BCUT2D eigenvalue weighted by Crippen LogP contribution is 2.21. The van der Waals surface area contributed by atoms with Gasteiger partial charge in [0.2, 0.25) is 0 Å². The van der Waals surface area contributed by atoms with E-state index >= 15 is 0 Å². The van der Waals surface area contributed by atoms with E-state index in [9.17, 15) is 14.7 Å². The molecule has 1 aromatic rings. The number of nitrogens with zero attached hydrogens (tertiary/aromatic N) is 1. The van der Waals surface area contributed by atoms with Crippen LogP contribution in [0, 0.1) is 13.8 Å². The lowest BCUT2D eigenvalue weighted by atomic mass is 10.1. The summed E-state index contributed by atoms with van der Waals surface area (Å²) in [6.45, 7) is 3.86. The van der Waals surface area contributed by atoms with Crippen molar-refractivity contribution in [3.63, 3.8) is 0 Å². The Balaban J connectivity index is 2.13. The predicted molar refractivity (Wildman–Crippen MR) is 73.7 cm³/mol. The second-order valence-electron chi connectivity index (χ2n) is 5.14. The summed E-state index contributed by atoms with van der Waals surface area (Å²) in [5.74, 6) is -1.10. The highest BCUT2D eigenvalue weighted by Gasteiger charge is 2.39. The molecule has 2 amide bonds. The van der Waals surface area contributed by atoms with Gasteiger partial charge in [0.1, 0.15) is 6.04 Å². The van der Waals surface area contributed by atoms with Crippen molar-refractivity contribution in [2.75, 3.05) is 11.9 Å². The Morgan fingerprint density at radius 1 is 1.35 bits per heavy atom. The van der Waals surface area contributed by atoms with E-state index in [1.54, 1.807) is 6.07 Å². The summed E-state index contributed by atoms with van der Waals surface area (Å²) in [4.78, 5) is 24.4. The van der Waals surface area contributed by atoms with Crippen LogP contribution in [0.25, 0.3) is 0 Å². The number of benzene rings is 1. The Hall–Kier alpha value is -2.08. The number of anilines is 1. The number of urea groups is 1. The quantitative estimate of drug-likeness (QED) is 0.762. The number of aliphatic hydroxyl groups excluding tert-OH is 1. The summed E-state index contributed by atoms with van der Waals surface area (Å²) < 4.78 is 0. The third-order valence-electron chi connectivity index (χ3n) is 3.45. The number of β-amino-alcohol motifs (C(OH)–C–C–N with tert-alkyl or cyclic N) is 1. The van der Waals surface area contributed by atoms with Crippen LogP contribution in [0.1, 0.15) is 17.5 Å². The SMILES string of the molecule is Cc1ccc(NC(=O)N2C[C@H](O)C[C@H]2C(=O)O)c(C)c1. The molecule has 1 aliphatic rings. The Bertz CT molecular complexity index is 544. The molecule has 0 bridgehead atoms. The lowest BCUT2D eigenvalue weighted by Gasteiger charge is -2.22. The molecule has 20 heavy (non-hydrogen) atoms. The third kappa shape index (κ3) is 2.91. The number of hydrogen-bond donors (Lipinski definition) is 3. The fourth-order valence-corrected chi connectivity index (χ4v) is 2.41. The summed E-state index contributed by atoms with van der Waals surface area (Å²) in [5.41, 5.74) is 2.64. The van der Waals surface area contributed by atoms with Crippen LogP contribution in [0.2, 0.25) is 0 Å². The molecule has 6 heteroatoms. The maximum absolute atomic E-state index is 12.2. The molecule has 0 radical (unpaired) electrons. The molecule has 1 aromatic carbocycles. The zero-order chi connectivity index (χ0) is 14.9. The molecule has 1 aliphatic heterocycles. The fraction of sp³-hybridized carbons (Fsp3) is 0.429. The maximum atomic E-state index is 12.2. The number of aliphatic carboxylic acids is 1. The zero-order valence-corrected chi connectivity index (χ0v) is 11.5. The first kappa shape index (κ1) is 14.3. The number of carbonyl (C=O) groups is 2. The molecule has 108 valence electrons. The number of aryl methyl sites for hydroxylation is 2. The van der Waals surface area contributed by atoms with Crippen molar-refractivity contribution in [1.82, 2.24) is 4.90 Å². The summed E-state index contributed by atoms with van der Waals surface area (Å²) in [6.07, 6.45) is -0.726. The monoisotopic (exact) mass is 278 g/mol. The van der Waals surface area contributed by atoms with Gasteiger partial charge in [0.15, 0.2) is 0 Å². The van der Waals surface area contributed by atoms with Crippen LogP contribution in [0.4, 0.5) is 10.5 Å². The minimum Gasteiger partial charge on any atom is -0.480 e. The minimum absolute atomic E-state index is 0.0354. The van der Waals surface area contributed by atoms with Gasteiger partial charge in [-0.3, -0.25) is 0 Å². The van der Waals surface area contributed by atoms with Crippen molar-refractivity contribution in [3.8, 4) is 0 Å². The Morgan fingerprint density at radius 3 is 2.65 bits per heavy atom. The van der Waals surface area contributed by atoms with E-state index in [1.165, 1.54) is 0 Å². The molecule has 0 aliphatic carbocycles. The number of likely N-dealkylation sites (tertiary alicyclic amines) is 1. The van der Waals surface area contributed by atoms with Gasteiger partial charge in [-0.05, 0) is 25.5 Å². The van der Waals surface area contributed by atoms with E-state index in [0.717, 1.165) is 16.0 Å². The first-order valence-electron chi connectivity index (χ1n) is 6.44. The Morgan fingerprint density at radius 2 is 2.05 bits per heavy atom. The average Bonchev–Trinajstić information content (AvgIpc) is 2.75. The first-order valence-corrected chi connectivity index (χ1v) is 6.44. The predicted octanol–water partition coefficient (Wildman–Crippen LogP) is 1.36. The van der Waals surface area contributed by atoms with Crippen molar-refractivity contribution in [1.29, 1.82) is 0 Å². The van der Waals surface area contributed by atoms with Crippen LogP contribution in [-0.2, 0) is 4.79 Å². The highest BCUT2D eigenvalue weighted by atomic mass is 16.4. The number of nitrogens with one attached hydrogen (secondary N) is 1. The second-order valence-corrected chi connectivity index (χ2v) is 5.14. The molecule has 1 fully saturated rings. The van der Waals surface area contributed by atoms with Crippen molar-refractivity contribution in [2.24, 2.45) is 0 Å². The molecule has 1 saturated heterocycles. The number of carboxylic acids is 1. The number of carboxylic acid groups (broad SMARTS) is 1. The lowest BCUT2D eigenvalue weighted by Crippen LogP contribution is -2.43. The summed E-state index contributed by atoms with van der Waals surface area (Å²) in [6, 6.07) is 4.11. The van der Waals surface area contributed by atoms with Crippen LogP contribution in [0.15, 0.2) is 18.2 Å². The summed E-state index contributed by atoms with van der Waals surface area (Å²) >= 11 is 0. The highest BCUT2D eigenvalue weighted by molar-refractivity contribution is 5.93. The summed E-state index contributed by atoms with van der Waals surface area (Å²) in [7, 11) is 0. The van der Waals surface area contributed by atoms with Crippen LogP contribution in [0.3, 0.4) is 0 Å². The standard InChI is InChI=1S/C14H18N2O4/c1-8-3-4-11(9(2)5-8)15-14(20)16-7-10(17)6-12(16)13(18)19/h3-5,10,12,17H,6-7H2,1-2H3,(H,15,20)(H,18,19)/t10-,12+/m1/s1. The van der Waals surface area contributed by atoms with Crippen LogP contribution in [-0.4, -0.2) is 45.8 Å². The number of carbonyl (C=O) groups excluding carboxylic acids is 1. The number of amides is 2. The van der Waals surface area contributed by atoms with Crippen LogP contribution >= 0.6 is 0 Å². The van der Waals surface area contributed by atoms with Crippen molar-refractivity contribution >= 4 is 17.7 Å². The molecule has 0 saturated carbocycles. The van der Waals surface area contributed by atoms with Crippen molar-refractivity contribution < 1.29 is 19.8 Å². The van der Waals surface area contributed by atoms with Gasteiger partial charge >= 0.3 is 12.0 Å². The second kappa shape index (κ2) is 5.50. The minimum atomic E-state index is -1.10. The van der Waals surface area contributed by atoms with Gasteiger partial charge in [-0.25, -0.2) is 9.59 Å². The topological polar surface area (TPSA) is 89.9 Å². The smallest absolute Gasteiger partial charge is 0.326 e. The third-order valence-corrected chi connectivity index (χ3v) is 3.45. The van der Waals surface area contributed by atoms with Gasteiger partial charge in [0.25, 0.3) is 0 Å². The van der Waals surface area contributed by atoms with Gasteiger partial charge in [0, 0.05) is 18.7 Å². The van der Waals surface area contributed by atoms with Gasteiger partial charge in [-0.1, -0.05) is 17.7 Å². The largest absolute Gasteiger partial charge is 0.480 e. The molecule has 0 spiro atoms. The van der Waals surface area contributed by atoms with Gasteiger partial charge < -0.3 is 20.4 Å². The van der Waals surface area contributed by atoms with E-state index in [-0.39, 0.29) is 13.0 Å². The van der Waals surface area contributed by atoms with E-state index in [2.05, 4.69) is 5.32 Å². The Labute approximate surface area is 117 Å². The van der Waals surface area contributed by atoms with E-state index in [4.69, 9.17) is 5.11 Å². The molecule has 2 atom stereocenters. The normalized spacial score (nSPS) is 21.9. The lowest BCUT2D eigenvalue weighted by molar-refractivity contribution is -0.141. The first-order chi connectivity index (χ1) is 9.38. The average molecular weight is 278 g/mol. The molecular weight excluding hydrogens is 260 g/mol. The maximum Gasteiger partial charge on any atom is 0.326 e. The zero-order valence-electron chi connectivity index (χ0n) is 11.5.